The molecule has 0 aliphatic carbocycles. The summed E-state index contributed by atoms with van der Waals surface area (Å²) in [6.45, 7) is 1.73. The number of carbonyl (C=O) groups excluding carboxylic acids is 1. The van der Waals surface area contributed by atoms with E-state index in [-0.39, 0.29) is 10.6 Å². The molecule has 0 spiro atoms. The van der Waals surface area contributed by atoms with Gasteiger partial charge in [0.15, 0.2) is 0 Å². The van der Waals surface area contributed by atoms with E-state index in [0.29, 0.717) is 0 Å². The normalized spacial score (nSPS) is 11.9. The first-order chi connectivity index (χ1) is 7.75. The maximum absolute atomic E-state index is 12.7. The van der Waals surface area contributed by atoms with Crippen LogP contribution in [0.1, 0.15) is 11.1 Å². The Balaban J connectivity index is 2.89. The van der Waals surface area contributed by atoms with E-state index in [4.69, 9.17) is 11.6 Å². The van der Waals surface area contributed by atoms with E-state index in [2.05, 4.69) is 0 Å². The molecule has 1 nitrogen and oxygen atoms in total. The van der Waals surface area contributed by atoms with Crippen LogP contribution in [-0.4, -0.2) is 18.1 Å². The lowest BCUT2D eigenvalue weighted by Crippen LogP contribution is -2.37. The molecule has 0 N–H and O–H groups in total. The molecule has 0 aromatic heterocycles. The van der Waals surface area contributed by atoms with Crippen molar-refractivity contribution in [3.05, 3.63) is 34.3 Å². The van der Waals surface area contributed by atoms with Crippen LogP contribution in [0, 0.1) is 6.92 Å². The number of rotatable bonds is 4. The zero-order chi connectivity index (χ0) is 13.2. The highest BCUT2D eigenvalue weighted by atomic mass is 35.5. The van der Waals surface area contributed by atoms with E-state index in [1.54, 1.807) is 13.0 Å². The second-order valence-corrected chi connectivity index (χ2v) is 4.03. The highest BCUT2D eigenvalue weighted by molar-refractivity contribution is 6.31. The van der Waals surface area contributed by atoms with Crippen molar-refractivity contribution in [3.63, 3.8) is 0 Å². The average molecular weight is 269 g/mol. The van der Waals surface area contributed by atoms with Gasteiger partial charge in [-0.3, -0.25) is 4.79 Å². The summed E-state index contributed by atoms with van der Waals surface area (Å²) in [6.07, 6.45) is -4.81. The van der Waals surface area contributed by atoms with Gasteiger partial charge in [-0.15, -0.1) is 0 Å². The molecule has 0 unspecified atom stereocenters. The summed E-state index contributed by atoms with van der Waals surface area (Å²) in [5.74, 6) is -6.47. The van der Waals surface area contributed by atoms with E-state index in [0.717, 1.165) is 5.56 Å². The standard InChI is InChI=1S/C11H9ClF4O/c1-6-2-3-7(8(12)4-6)5-9(17)11(15,16)10(13)14/h2-4,10H,5H2,1H3. The minimum atomic E-state index is -4.63. The molecule has 0 aliphatic rings. The molecule has 0 saturated heterocycles. The minimum absolute atomic E-state index is 0.114. The van der Waals surface area contributed by atoms with Crippen LogP contribution >= 0.6 is 11.6 Å². The summed E-state index contributed by atoms with van der Waals surface area (Å²) >= 11 is 5.72. The van der Waals surface area contributed by atoms with Crippen molar-refractivity contribution in [2.45, 2.75) is 25.7 Å². The summed E-state index contributed by atoms with van der Waals surface area (Å²) in [7, 11) is 0. The number of halogens is 5. The van der Waals surface area contributed by atoms with Gasteiger partial charge >= 0.3 is 12.3 Å². The Kier molecular flexibility index (Phi) is 4.14. The molecule has 1 aromatic rings. The predicted octanol–water partition coefficient (Wildman–Crippen LogP) is 3.66. The van der Waals surface area contributed by atoms with Gasteiger partial charge < -0.3 is 0 Å². The van der Waals surface area contributed by atoms with Crippen LogP contribution < -0.4 is 0 Å². The molecule has 0 aliphatic heterocycles. The summed E-state index contributed by atoms with van der Waals surface area (Å²) in [5.41, 5.74) is 0.898. The number of ketones is 1. The largest absolute Gasteiger partial charge is 0.364 e. The fourth-order valence-corrected chi connectivity index (χ4v) is 1.51. The first-order valence-electron chi connectivity index (χ1n) is 4.69. The Morgan fingerprint density at radius 3 is 2.47 bits per heavy atom. The van der Waals surface area contributed by atoms with Gasteiger partial charge in [0.25, 0.3) is 0 Å². The number of hydrogen-bond acceptors (Lipinski definition) is 1. The van der Waals surface area contributed by atoms with E-state index in [1.165, 1.54) is 12.1 Å². The molecule has 0 atom stereocenters. The van der Waals surface area contributed by atoms with Crippen LogP contribution in [0.4, 0.5) is 17.6 Å². The zero-order valence-electron chi connectivity index (χ0n) is 8.81. The highest BCUT2D eigenvalue weighted by Gasteiger charge is 2.48. The Morgan fingerprint density at radius 1 is 1.41 bits per heavy atom. The third kappa shape index (κ3) is 3.19. The molecule has 0 radical (unpaired) electrons. The molecular formula is C11H9ClF4O. The molecule has 0 fully saturated rings. The lowest BCUT2D eigenvalue weighted by molar-refractivity contribution is -0.166. The number of aryl methyl sites for hydroxylation is 1. The lowest BCUT2D eigenvalue weighted by Gasteiger charge is -2.14. The number of alkyl halides is 4. The van der Waals surface area contributed by atoms with Crippen LogP contribution in [-0.2, 0) is 11.2 Å². The molecule has 6 heteroatoms. The number of carbonyl (C=O) groups is 1. The monoisotopic (exact) mass is 268 g/mol. The minimum Gasteiger partial charge on any atom is -0.292 e. The van der Waals surface area contributed by atoms with Gasteiger partial charge in [0.2, 0.25) is 5.78 Å². The van der Waals surface area contributed by atoms with Crippen molar-refractivity contribution in [1.82, 2.24) is 0 Å². The van der Waals surface area contributed by atoms with Crippen molar-refractivity contribution in [3.8, 4) is 0 Å². The van der Waals surface area contributed by atoms with Crippen molar-refractivity contribution in [2.75, 3.05) is 0 Å². The molecule has 0 amide bonds. The summed E-state index contributed by atoms with van der Waals surface area (Å²) in [5, 5.41) is 0.114. The lowest BCUT2D eigenvalue weighted by atomic mass is 10.0. The molecule has 17 heavy (non-hydrogen) atoms. The van der Waals surface area contributed by atoms with Crippen LogP contribution in [0.3, 0.4) is 0 Å². The van der Waals surface area contributed by atoms with Crippen LogP contribution in [0.5, 0.6) is 0 Å². The van der Waals surface area contributed by atoms with E-state index in [9.17, 15) is 22.4 Å². The smallest absolute Gasteiger partial charge is 0.292 e. The van der Waals surface area contributed by atoms with Gasteiger partial charge in [0.1, 0.15) is 0 Å². The Hall–Kier alpha value is -1.10. The van der Waals surface area contributed by atoms with Crippen molar-refractivity contribution < 1.29 is 22.4 Å². The summed E-state index contributed by atoms with van der Waals surface area (Å²) in [4.78, 5) is 11.0. The number of hydrogen-bond donors (Lipinski definition) is 0. The average Bonchev–Trinajstić information content (AvgIpc) is 2.21. The maximum atomic E-state index is 12.7. The van der Waals surface area contributed by atoms with Gasteiger partial charge in [-0.05, 0) is 24.1 Å². The Bertz CT molecular complexity index is 431. The van der Waals surface area contributed by atoms with Gasteiger partial charge in [0.05, 0.1) is 0 Å². The quantitative estimate of drug-likeness (QED) is 0.762. The molecule has 1 rings (SSSR count). The topological polar surface area (TPSA) is 17.1 Å². The van der Waals surface area contributed by atoms with Crippen molar-refractivity contribution >= 4 is 17.4 Å². The first-order valence-corrected chi connectivity index (χ1v) is 5.07. The second kappa shape index (κ2) is 5.04. The molecule has 94 valence electrons. The van der Waals surface area contributed by atoms with E-state index in [1.807, 2.05) is 0 Å². The fourth-order valence-electron chi connectivity index (χ4n) is 1.21. The highest BCUT2D eigenvalue weighted by Crippen LogP contribution is 2.27. The van der Waals surface area contributed by atoms with E-state index < -0.39 is 24.6 Å². The Morgan fingerprint density at radius 2 is 2.00 bits per heavy atom. The van der Waals surface area contributed by atoms with Crippen LogP contribution in [0.15, 0.2) is 18.2 Å². The van der Waals surface area contributed by atoms with Gasteiger partial charge in [-0.1, -0.05) is 23.7 Å². The third-order valence-electron chi connectivity index (χ3n) is 2.21. The van der Waals surface area contributed by atoms with Crippen LogP contribution in [0.2, 0.25) is 5.02 Å². The fraction of sp³-hybridized carbons (Fsp3) is 0.364. The summed E-state index contributed by atoms with van der Waals surface area (Å²) < 4.78 is 49.2. The molecule has 0 bridgehead atoms. The Labute approximate surface area is 100 Å². The molecule has 1 aromatic carbocycles. The summed E-state index contributed by atoms with van der Waals surface area (Å²) in [6, 6.07) is 4.41. The predicted molar refractivity (Wildman–Crippen MR) is 55.9 cm³/mol. The second-order valence-electron chi connectivity index (χ2n) is 3.62. The number of benzene rings is 1. The van der Waals surface area contributed by atoms with Gasteiger partial charge in [-0.25, -0.2) is 8.78 Å². The zero-order valence-corrected chi connectivity index (χ0v) is 9.57. The van der Waals surface area contributed by atoms with Crippen molar-refractivity contribution in [1.29, 1.82) is 0 Å². The molecule has 0 heterocycles. The third-order valence-corrected chi connectivity index (χ3v) is 2.56. The first kappa shape index (κ1) is 14.0. The van der Waals surface area contributed by atoms with Gasteiger partial charge in [0, 0.05) is 11.4 Å². The van der Waals surface area contributed by atoms with Crippen molar-refractivity contribution in [2.24, 2.45) is 0 Å². The van der Waals surface area contributed by atoms with Gasteiger partial charge in [-0.2, -0.15) is 8.78 Å². The van der Waals surface area contributed by atoms with E-state index >= 15 is 0 Å². The number of Topliss-reactive ketones (excluding diaryl/α,β-unsaturated/α-hetero) is 1. The molecule has 0 saturated carbocycles. The maximum Gasteiger partial charge on any atom is 0.364 e. The SMILES string of the molecule is Cc1ccc(CC(=O)C(F)(F)C(F)F)c(Cl)c1. The van der Waals surface area contributed by atoms with Crippen LogP contribution in [0.25, 0.3) is 0 Å². The molecular weight excluding hydrogens is 260 g/mol.